The molecular weight excluding hydrogens is 375 g/mol. The van der Waals surface area contributed by atoms with E-state index in [4.69, 9.17) is 5.73 Å². The van der Waals surface area contributed by atoms with Gasteiger partial charge in [-0.2, -0.15) is 0 Å². The van der Waals surface area contributed by atoms with Crippen molar-refractivity contribution in [2.45, 2.75) is 0 Å². The molecule has 0 bridgehead atoms. The van der Waals surface area contributed by atoms with Gasteiger partial charge >= 0.3 is 5.69 Å². The number of rotatable bonds is 3. The Labute approximate surface area is 154 Å². The Morgan fingerprint density at radius 2 is 1.75 bits per heavy atom. The molecule has 140 valence electrons. The molecule has 7 nitrogen and oxygen atoms in total. The van der Waals surface area contributed by atoms with Gasteiger partial charge in [-0.25, -0.2) is 32.5 Å². The highest BCUT2D eigenvalue weighted by molar-refractivity contribution is 6.02. The van der Waals surface area contributed by atoms with Crippen molar-refractivity contribution in [2.24, 2.45) is 5.73 Å². The molecule has 0 fully saturated rings. The number of imidazole rings is 1. The van der Waals surface area contributed by atoms with Gasteiger partial charge in [-0.05, 0) is 30.3 Å². The topological polar surface area (TPSA) is 107 Å². The molecule has 0 saturated heterocycles. The first-order valence-electron chi connectivity index (χ1n) is 7.89. The monoisotopic (exact) mass is 385 g/mol. The van der Waals surface area contributed by atoms with E-state index >= 15 is 0 Å². The molecule has 2 aromatic heterocycles. The fourth-order valence-electron chi connectivity index (χ4n) is 2.78. The van der Waals surface area contributed by atoms with E-state index in [-0.39, 0.29) is 33.9 Å². The number of nitrogens with zero attached hydrogens (tertiary/aromatic N) is 3. The van der Waals surface area contributed by atoms with Gasteiger partial charge in [-0.1, -0.05) is 12.1 Å². The van der Waals surface area contributed by atoms with Crippen LogP contribution in [0, 0.1) is 17.5 Å². The number of benzene rings is 2. The van der Waals surface area contributed by atoms with E-state index in [1.807, 2.05) is 0 Å². The van der Waals surface area contributed by atoms with E-state index in [1.54, 1.807) is 0 Å². The number of primary amides is 1. The molecule has 3 N–H and O–H groups in total. The van der Waals surface area contributed by atoms with Crippen LogP contribution in [-0.2, 0) is 0 Å². The fraction of sp³-hybridized carbons (Fsp3) is 0. The molecule has 0 atom stereocenters. The highest BCUT2D eigenvalue weighted by Crippen LogP contribution is 2.24. The van der Waals surface area contributed by atoms with Gasteiger partial charge in [0.1, 0.15) is 11.3 Å². The first kappa shape index (κ1) is 17.5. The Morgan fingerprint density at radius 1 is 1.00 bits per heavy atom. The van der Waals surface area contributed by atoms with E-state index in [2.05, 4.69) is 15.0 Å². The lowest BCUT2D eigenvalue weighted by Crippen LogP contribution is -2.16. The van der Waals surface area contributed by atoms with Crippen molar-refractivity contribution >= 4 is 17.1 Å². The number of hydrogen-bond donors (Lipinski definition) is 2. The Hall–Kier alpha value is -3.95. The third-order valence-corrected chi connectivity index (χ3v) is 4.04. The molecule has 28 heavy (non-hydrogen) atoms. The maximum atomic E-state index is 14.2. The minimum atomic E-state index is -1.15. The Morgan fingerprint density at radius 3 is 2.43 bits per heavy atom. The lowest BCUT2D eigenvalue weighted by Gasteiger charge is -2.07. The highest BCUT2D eigenvalue weighted by atomic mass is 19.2. The number of fused-ring (bicyclic) bond motifs is 1. The molecule has 0 radical (unpaired) electrons. The summed E-state index contributed by atoms with van der Waals surface area (Å²) in [5.41, 5.74) is 3.88. The molecule has 0 spiro atoms. The summed E-state index contributed by atoms with van der Waals surface area (Å²) in [6.45, 7) is 0. The van der Waals surface area contributed by atoms with Gasteiger partial charge in [0, 0.05) is 5.56 Å². The Bertz CT molecular complexity index is 1310. The molecule has 0 unspecified atom stereocenters. The van der Waals surface area contributed by atoms with Gasteiger partial charge in [0.2, 0.25) is 0 Å². The predicted octanol–water partition coefficient (Wildman–Crippen LogP) is 2.29. The molecule has 0 aliphatic carbocycles. The van der Waals surface area contributed by atoms with Crippen LogP contribution in [0.5, 0.6) is 0 Å². The van der Waals surface area contributed by atoms with E-state index in [0.29, 0.717) is 0 Å². The highest BCUT2D eigenvalue weighted by Gasteiger charge is 2.21. The molecule has 0 aliphatic heterocycles. The molecule has 1 amide bonds. The van der Waals surface area contributed by atoms with E-state index in [1.165, 1.54) is 24.3 Å². The van der Waals surface area contributed by atoms with Crippen molar-refractivity contribution in [3.63, 3.8) is 0 Å². The van der Waals surface area contributed by atoms with Gasteiger partial charge in [-0.15, -0.1) is 0 Å². The summed E-state index contributed by atoms with van der Waals surface area (Å²) in [7, 11) is 0. The third-order valence-electron chi connectivity index (χ3n) is 4.04. The van der Waals surface area contributed by atoms with Crippen LogP contribution in [0.25, 0.3) is 28.2 Å². The summed E-state index contributed by atoms with van der Waals surface area (Å²) in [5, 5.41) is 0. The minimum Gasteiger partial charge on any atom is -0.364 e. The smallest absolute Gasteiger partial charge is 0.332 e. The number of hydrogen-bond acceptors (Lipinski definition) is 4. The van der Waals surface area contributed by atoms with E-state index < -0.39 is 29.0 Å². The fourth-order valence-corrected chi connectivity index (χ4v) is 2.78. The van der Waals surface area contributed by atoms with Crippen LogP contribution in [0.4, 0.5) is 13.2 Å². The Kier molecular flexibility index (Phi) is 3.95. The van der Waals surface area contributed by atoms with Gasteiger partial charge < -0.3 is 10.7 Å². The number of nitrogens with one attached hydrogen (secondary N) is 1. The van der Waals surface area contributed by atoms with Crippen LogP contribution in [-0.4, -0.2) is 25.4 Å². The molecule has 0 aliphatic rings. The molecular formula is C18H10F3N5O2. The lowest BCUT2D eigenvalue weighted by molar-refractivity contribution is 0.0997. The van der Waals surface area contributed by atoms with Gasteiger partial charge in [0.25, 0.3) is 5.91 Å². The molecule has 2 heterocycles. The van der Waals surface area contributed by atoms with Crippen molar-refractivity contribution in [2.75, 3.05) is 0 Å². The summed E-state index contributed by atoms with van der Waals surface area (Å²) < 4.78 is 42.0. The molecule has 10 heteroatoms. The van der Waals surface area contributed by atoms with E-state index in [0.717, 1.165) is 22.8 Å². The normalized spacial score (nSPS) is 11.1. The number of carbonyl (C=O) groups is 1. The zero-order valence-corrected chi connectivity index (χ0v) is 13.9. The van der Waals surface area contributed by atoms with Crippen LogP contribution in [0.1, 0.15) is 10.5 Å². The first-order valence-corrected chi connectivity index (χ1v) is 7.89. The average Bonchev–Trinajstić information content (AvgIpc) is 2.99. The number of para-hydroxylation sites is 1. The molecule has 4 aromatic rings. The molecule has 4 rings (SSSR count). The number of amides is 1. The summed E-state index contributed by atoms with van der Waals surface area (Å²) >= 11 is 0. The Balaban J connectivity index is 2.08. The maximum Gasteiger partial charge on any atom is 0.332 e. The summed E-state index contributed by atoms with van der Waals surface area (Å²) in [4.78, 5) is 34.8. The third kappa shape index (κ3) is 2.71. The molecule has 2 aromatic carbocycles. The van der Waals surface area contributed by atoms with Crippen LogP contribution in [0.15, 0.2) is 47.3 Å². The summed E-state index contributed by atoms with van der Waals surface area (Å²) in [6.07, 6.45) is 0. The summed E-state index contributed by atoms with van der Waals surface area (Å²) in [5.74, 6) is -4.12. The van der Waals surface area contributed by atoms with E-state index in [9.17, 15) is 22.8 Å². The zero-order chi connectivity index (χ0) is 20.0. The van der Waals surface area contributed by atoms with Crippen molar-refractivity contribution in [1.29, 1.82) is 0 Å². The van der Waals surface area contributed by atoms with Crippen LogP contribution >= 0.6 is 0 Å². The predicted molar refractivity (Wildman–Crippen MR) is 93.3 cm³/mol. The number of halogens is 3. The van der Waals surface area contributed by atoms with Crippen molar-refractivity contribution in [3.8, 4) is 17.1 Å². The van der Waals surface area contributed by atoms with Gasteiger partial charge in [0.15, 0.2) is 28.8 Å². The standard InChI is InChI=1S/C18H10F3N5O2/c19-9-6-5-8(7-11(9)21)16-23-13(15(22)27)14-17(25-16)26(18(28)24-14)12-4-2-1-3-10(12)20/h1-7H,(H2,22,27)(H,24,28). The number of H-pyrrole nitrogens is 1. The van der Waals surface area contributed by atoms with Crippen molar-refractivity contribution in [3.05, 3.63) is 76.1 Å². The maximum absolute atomic E-state index is 14.2. The number of aromatic nitrogens is 4. The second-order valence-corrected chi connectivity index (χ2v) is 5.80. The van der Waals surface area contributed by atoms with Crippen LogP contribution < -0.4 is 11.4 Å². The largest absolute Gasteiger partial charge is 0.364 e. The van der Waals surface area contributed by atoms with Crippen LogP contribution in [0.3, 0.4) is 0 Å². The zero-order valence-electron chi connectivity index (χ0n) is 13.9. The SMILES string of the molecule is NC(=O)c1nc(-c2ccc(F)c(F)c2)nc2c1[nH]c(=O)n2-c1ccccc1F. The molecule has 0 saturated carbocycles. The first-order chi connectivity index (χ1) is 13.4. The minimum absolute atomic E-state index is 0.0389. The number of carbonyl (C=O) groups excluding carboxylic acids is 1. The quantitative estimate of drug-likeness (QED) is 0.564. The second kappa shape index (κ2) is 6.34. The number of nitrogens with two attached hydrogens (primary N) is 1. The lowest BCUT2D eigenvalue weighted by atomic mass is 10.2. The average molecular weight is 385 g/mol. The van der Waals surface area contributed by atoms with Crippen molar-refractivity contribution < 1.29 is 18.0 Å². The number of aromatic amines is 1. The second-order valence-electron chi connectivity index (χ2n) is 5.80. The van der Waals surface area contributed by atoms with Crippen LogP contribution in [0.2, 0.25) is 0 Å². The van der Waals surface area contributed by atoms with Gasteiger partial charge in [0.05, 0.1) is 5.69 Å². The van der Waals surface area contributed by atoms with Gasteiger partial charge in [-0.3, -0.25) is 4.79 Å². The van der Waals surface area contributed by atoms with Crippen molar-refractivity contribution in [1.82, 2.24) is 19.5 Å². The summed E-state index contributed by atoms with van der Waals surface area (Å²) in [6, 6.07) is 8.33.